The van der Waals surface area contributed by atoms with E-state index in [0.29, 0.717) is 33.6 Å². The number of hydrogen-bond donors (Lipinski definition) is 3. The van der Waals surface area contributed by atoms with Crippen LogP contribution in [0.4, 0.5) is 20.7 Å². The molecular weight excluding hydrogens is 413 g/mol. The summed E-state index contributed by atoms with van der Waals surface area (Å²) >= 11 is 6.42. The molecule has 9 nitrogen and oxygen atoms in total. The fraction of sp³-hybridized carbons (Fsp3) is 0.263. The van der Waals surface area contributed by atoms with Gasteiger partial charge in [-0.1, -0.05) is 11.6 Å². The number of imidazole rings is 1. The van der Waals surface area contributed by atoms with E-state index in [2.05, 4.69) is 30.8 Å². The number of anilines is 2. The Morgan fingerprint density at radius 1 is 1.37 bits per heavy atom. The lowest BCUT2D eigenvalue weighted by Gasteiger charge is -2.15. The van der Waals surface area contributed by atoms with Crippen LogP contribution in [0, 0.1) is 5.82 Å². The Hall–Kier alpha value is -3.40. The Morgan fingerprint density at radius 3 is 2.90 bits per heavy atom. The molecule has 0 radical (unpaired) electrons. The Bertz CT molecular complexity index is 1250. The summed E-state index contributed by atoms with van der Waals surface area (Å²) in [5, 5.41) is 13.0. The first-order valence-corrected chi connectivity index (χ1v) is 9.66. The average molecular weight is 432 g/mol. The number of carbonyl (C=O) groups excluding carboxylic acids is 1. The number of hydrogen-bond acceptors (Lipinski definition) is 6. The van der Waals surface area contributed by atoms with Crippen LogP contribution in [-0.2, 0) is 4.74 Å². The quantitative estimate of drug-likeness (QED) is 0.430. The highest BCUT2D eigenvalue weighted by atomic mass is 35.5. The molecular formula is C19H19ClFN7O2. The number of rotatable bonds is 5. The summed E-state index contributed by atoms with van der Waals surface area (Å²) in [5.74, 6) is -0.288. The summed E-state index contributed by atoms with van der Waals surface area (Å²) in [6.07, 6.45) is 5.73. The lowest BCUT2D eigenvalue weighted by molar-refractivity contribution is 0.168. The second-order valence-electron chi connectivity index (χ2n) is 6.85. The molecule has 0 aliphatic carbocycles. The molecule has 0 fully saturated rings. The van der Waals surface area contributed by atoms with Crippen molar-refractivity contribution in [3.63, 3.8) is 0 Å². The van der Waals surface area contributed by atoms with E-state index in [0.717, 1.165) is 0 Å². The summed E-state index contributed by atoms with van der Waals surface area (Å²) in [5.41, 5.74) is 2.08. The molecule has 1 amide bonds. The van der Waals surface area contributed by atoms with Crippen molar-refractivity contribution in [1.82, 2.24) is 24.6 Å². The Labute approximate surface area is 175 Å². The van der Waals surface area contributed by atoms with Crippen LogP contribution >= 0.6 is 11.6 Å². The van der Waals surface area contributed by atoms with Crippen molar-refractivity contribution in [1.29, 1.82) is 0 Å². The maximum atomic E-state index is 15.1. The molecule has 3 N–H and O–H groups in total. The number of carbonyl (C=O) groups is 1. The first-order chi connectivity index (χ1) is 14.4. The Balaban J connectivity index is 1.81. The highest BCUT2D eigenvalue weighted by molar-refractivity contribution is 6.35. The minimum absolute atomic E-state index is 0.00124. The third-order valence-corrected chi connectivity index (χ3v) is 4.68. The summed E-state index contributed by atoms with van der Waals surface area (Å²) in [6.45, 7) is 5.76. The zero-order chi connectivity index (χ0) is 21.4. The molecule has 0 atom stereocenters. The number of ether oxygens (including phenoxy) is 1. The molecule has 30 heavy (non-hydrogen) atoms. The zero-order valence-electron chi connectivity index (χ0n) is 16.5. The van der Waals surface area contributed by atoms with Gasteiger partial charge >= 0.3 is 6.09 Å². The van der Waals surface area contributed by atoms with Gasteiger partial charge in [0.1, 0.15) is 0 Å². The van der Waals surface area contributed by atoms with Crippen LogP contribution in [-0.4, -0.2) is 43.3 Å². The van der Waals surface area contributed by atoms with E-state index in [-0.39, 0.29) is 23.4 Å². The smallest absolute Gasteiger partial charge is 0.412 e. The maximum absolute atomic E-state index is 15.1. The zero-order valence-corrected chi connectivity index (χ0v) is 17.2. The van der Waals surface area contributed by atoms with Crippen molar-refractivity contribution in [3.05, 3.63) is 35.6 Å². The van der Waals surface area contributed by atoms with Gasteiger partial charge in [0.25, 0.3) is 0 Å². The predicted molar refractivity (Wildman–Crippen MR) is 112 cm³/mol. The van der Waals surface area contributed by atoms with E-state index in [9.17, 15) is 4.79 Å². The van der Waals surface area contributed by atoms with Gasteiger partial charge < -0.3 is 14.5 Å². The van der Waals surface area contributed by atoms with Gasteiger partial charge in [-0.15, -0.1) is 0 Å². The molecule has 0 bridgehead atoms. The molecule has 0 saturated carbocycles. The summed E-state index contributed by atoms with van der Waals surface area (Å²) in [4.78, 5) is 20.3. The predicted octanol–water partition coefficient (Wildman–Crippen LogP) is 4.45. The molecule has 0 spiro atoms. The monoisotopic (exact) mass is 431 g/mol. The fourth-order valence-electron chi connectivity index (χ4n) is 3.15. The SMILES string of the molecule is CCOC(=O)Nc1cn2cc(-c3c(Cl)c(F)c(NC(C)C)c4[nH]ncc34)ncc2n1. The highest BCUT2D eigenvalue weighted by Crippen LogP contribution is 2.40. The number of aromatic amines is 1. The highest BCUT2D eigenvalue weighted by Gasteiger charge is 2.22. The average Bonchev–Trinajstić information content (AvgIpc) is 3.31. The van der Waals surface area contributed by atoms with Gasteiger partial charge in [0.05, 0.1) is 47.1 Å². The number of nitrogens with zero attached hydrogens (tertiary/aromatic N) is 4. The molecule has 3 aromatic heterocycles. The van der Waals surface area contributed by atoms with Crippen molar-refractivity contribution in [2.75, 3.05) is 17.2 Å². The topological polar surface area (TPSA) is 109 Å². The first-order valence-electron chi connectivity index (χ1n) is 9.28. The largest absolute Gasteiger partial charge is 0.450 e. The van der Waals surface area contributed by atoms with Crippen molar-refractivity contribution >= 4 is 45.7 Å². The summed E-state index contributed by atoms with van der Waals surface area (Å²) in [6, 6.07) is -0.00124. The fourth-order valence-corrected chi connectivity index (χ4v) is 3.44. The van der Waals surface area contributed by atoms with Crippen LogP contribution < -0.4 is 10.6 Å². The van der Waals surface area contributed by atoms with Crippen LogP contribution in [0.1, 0.15) is 20.8 Å². The van der Waals surface area contributed by atoms with E-state index < -0.39 is 11.9 Å². The minimum atomic E-state index is -0.604. The van der Waals surface area contributed by atoms with E-state index in [1.165, 1.54) is 6.20 Å². The molecule has 156 valence electrons. The lowest BCUT2D eigenvalue weighted by Crippen LogP contribution is -2.13. The molecule has 1 aromatic carbocycles. The number of fused-ring (bicyclic) bond motifs is 2. The third kappa shape index (κ3) is 3.50. The van der Waals surface area contributed by atoms with Crippen LogP contribution in [0.15, 0.2) is 24.8 Å². The maximum Gasteiger partial charge on any atom is 0.412 e. The van der Waals surface area contributed by atoms with Gasteiger partial charge in [0.15, 0.2) is 17.3 Å². The standard InChI is InChI=1S/C19H19ClFN7O2/c1-4-30-19(29)26-12-8-28-7-11(22-6-13(28)25-12)14-10-5-23-27-17(10)18(24-9(2)3)16(21)15(14)20/h5-9,24H,4H2,1-3H3,(H,23,27)(H,26,29). The molecule has 4 rings (SSSR count). The molecule has 3 heterocycles. The van der Waals surface area contributed by atoms with Crippen molar-refractivity contribution in [2.24, 2.45) is 0 Å². The van der Waals surface area contributed by atoms with Crippen molar-refractivity contribution < 1.29 is 13.9 Å². The van der Waals surface area contributed by atoms with Gasteiger partial charge in [-0.3, -0.25) is 15.4 Å². The second-order valence-corrected chi connectivity index (χ2v) is 7.22. The van der Waals surface area contributed by atoms with E-state index in [1.807, 2.05) is 13.8 Å². The minimum Gasteiger partial charge on any atom is -0.450 e. The first kappa shape index (κ1) is 19.9. The number of benzene rings is 1. The number of aromatic nitrogens is 5. The second kappa shape index (κ2) is 7.79. The molecule has 0 aliphatic rings. The van der Waals surface area contributed by atoms with Crippen molar-refractivity contribution in [3.8, 4) is 11.3 Å². The molecule has 0 saturated heterocycles. The molecule has 11 heteroatoms. The van der Waals surface area contributed by atoms with Crippen LogP contribution in [0.5, 0.6) is 0 Å². The van der Waals surface area contributed by atoms with E-state index in [1.54, 1.807) is 29.9 Å². The molecule has 4 aromatic rings. The van der Waals surface area contributed by atoms with Crippen LogP contribution in [0.2, 0.25) is 5.02 Å². The normalized spacial score (nSPS) is 11.4. The van der Waals surface area contributed by atoms with Crippen molar-refractivity contribution in [2.45, 2.75) is 26.8 Å². The number of H-pyrrole nitrogens is 1. The summed E-state index contributed by atoms with van der Waals surface area (Å²) in [7, 11) is 0. The number of amides is 1. The Kier molecular flexibility index (Phi) is 5.17. The molecule has 0 unspecified atom stereocenters. The van der Waals surface area contributed by atoms with Crippen LogP contribution in [0.3, 0.4) is 0 Å². The van der Waals surface area contributed by atoms with Crippen LogP contribution in [0.25, 0.3) is 27.8 Å². The van der Waals surface area contributed by atoms with Gasteiger partial charge in [-0.05, 0) is 20.8 Å². The van der Waals surface area contributed by atoms with E-state index in [4.69, 9.17) is 16.3 Å². The number of halogens is 2. The van der Waals surface area contributed by atoms with E-state index >= 15 is 4.39 Å². The van der Waals surface area contributed by atoms with Gasteiger partial charge in [-0.25, -0.2) is 14.2 Å². The third-order valence-electron chi connectivity index (χ3n) is 4.33. The Morgan fingerprint density at radius 2 is 2.17 bits per heavy atom. The number of nitrogens with one attached hydrogen (secondary N) is 3. The lowest BCUT2D eigenvalue weighted by atomic mass is 10.1. The molecule has 0 aliphatic heterocycles. The van der Waals surface area contributed by atoms with Gasteiger partial charge in [0.2, 0.25) is 0 Å². The van der Waals surface area contributed by atoms with Gasteiger partial charge in [-0.2, -0.15) is 5.10 Å². The van der Waals surface area contributed by atoms with Gasteiger partial charge in [0, 0.05) is 23.2 Å². The summed E-state index contributed by atoms with van der Waals surface area (Å²) < 4.78 is 21.6.